The molecule has 1 N–H and O–H groups in total. The van der Waals surface area contributed by atoms with Crippen molar-refractivity contribution < 1.29 is 4.79 Å². The summed E-state index contributed by atoms with van der Waals surface area (Å²) in [7, 11) is 0. The van der Waals surface area contributed by atoms with Crippen LogP contribution in [0.1, 0.15) is 63.5 Å². The summed E-state index contributed by atoms with van der Waals surface area (Å²) in [5.41, 5.74) is 3.45. The maximum atomic E-state index is 14.2. The first kappa shape index (κ1) is 18.5. The van der Waals surface area contributed by atoms with Crippen LogP contribution in [0.15, 0.2) is 54.6 Å². The van der Waals surface area contributed by atoms with Crippen LogP contribution in [-0.4, -0.2) is 11.9 Å². The van der Waals surface area contributed by atoms with E-state index in [1.54, 1.807) is 0 Å². The lowest BCUT2D eigenvalue weighted by Gasteiger charge is -2.57. The topological polar surface area (TPSA) is 32.3 Å². The Morgan fingerprint density at radius 2 is 1.47 bits per heavy atom. The predicted octanol–water partition coefficient (Wildman–Crippen LogP) is 6.18. The lowest BCUT2D eigenvalue weighted by atomic mass is 9.49. The van der Waals surface area contributed by atoms with Crippen molar-refractivity contribution in [3.8, 4) is 0 Å². The number of benzene rings is 2. The first-order chi connectivity index (χ1) is 14.6. The van der Waals surface area contributed by atoms with E-state index in [1.165, 1.54) is 24.8 Å². The summed E-state index contributed by atoms with van der Waals surface area (Å²) < 4.78 is 0. The van der Waals surface area contributed by atoms with Crippen molar-refractivity contribution in [1.82, 2.24) is 0 Å². The molecule has 0 saturated heterocycles. The van der Waals surface area contributed by atoms with Crippen molar-refractivity contribution in [3.05, 3.63) is 60.2 Å². The molecule has 1 aliphatic heterocycles. The zero-order chi connectivity index (χ0) is 20.3. The standard InChI is InChI=1S/C27H32N2O/c1-18-11-24(28-22-7-3-2-4-8-22)23-9-5-6-10-25(23)29(18)26(30)27-15-19-12-20(16-27)14-21(13-19)17-27/h2-10,18-21,24,28H,11-17H2,1H3/t18-,19?,20?,21?,24+,27?/m1/s1. The molecule has 0 radical (unpaired) electrons. The molecule has 156 valence electrons. The molecular formula is C27H32N2O. The number of hydrogen-bond acceptors (Lipinski definition) is 2. The van der Waals surface area contributed by atoms with Gasteiger partial charge in [0.2, 0.25) is 5.91 Å². The summed E-state index contributed by atoms with van der Waals surface area (Å²) >= 11 is 0. The molecule has 4 fully saturated rings. The van der Waals surface area contributed by atoms with E-state index in [9.17, 15) is 4.79 Å². The van der Waals surface area contributed by atoms with Crippen molar-refractivity contribution in [3.63, 3.8) is 0 Å². The number of nitrogens with zero attached hydrogens (tertiary/aromatic N) is 1. The van der Waals surface area contributed by atoms with E-state index in [0.717, 1.165) is 54.8 Å². The molecule has 3 nitrogen and oxygen atoms in total. The molecular weight excluding hydrogens is 368 g/mol. The second-order valence-electron chi connectivity index (χ2n) is 10.6. The van der Waals surface area contributed by atoms with Crippen LogP contribution >= 0.6 is 0 Å². The Bertz CT molecular complexity index is 917. The Kier molecular flexibility index (Phi) is 4.23. The van der Waals surface area contributed by atoms with E-state index in [1.807, 2.05) is 0 Å². The zero-order valence-electron chi connectivity index (χ0n) is 17.9. The minimum Gasteiger partial charge on any atom is -0.378 e. The van der Waals surface area contributed by atoms with Gasteiger partial charge in [0, 0.05) is 17.4 Å². The van der Waals surface area contributed by atoms with Gasteiger partial charge in [0.15, 0.2) is 0 Å². The van der Waals surface area contributed by atoms with Crippen molar-refractivity contribution in [2.45, 2.75) is 64.0 Å². The molecule has 4 aliphatic carbocycles. The predicted molar refractivity (Wildman–Crippen MR) is 121 cm³/mol. The molecule has 5 aliphatic rings. The van der Waals surface area contributed by atoms with Crippen LogP contribution in [0.5, 0.6) is 0 Å². The Morgan fingerprint density at radius 1 is 0.867 bits per heavy atom. The Labute approximate surface area is 179 Å². The van der Waals surface area contributed by atoms with Gasteiger partial charge in [-0.15, -0.1) is 0 Å². The van der Waals surface area contributed by atoms with Gasteiger partial charge in [-0.3, -0.25) is 4.79 Å². The maximum absolute atomic E-state index is 14.2. The summed E-state index contributed by atoms with van der Waals surface area (Å²) in [4.78, 5) is 16.4. The summed E-state index contributed by atoms with van der Waals surface area (Å²) in [5, 5.41) is 3.72. The van der Waals surface area contributed by atoms with Gasteiger partial charge in [0.05, 0.1) is 11.5 Å². The third-order valence-electron chi connectivity index (χ3n) is 8.41. The molecule has 1 amide bonds. The van der Waals surface area contributed by atoms with Crippen LogP contribution in [-0.2, 0) is 4.79 Å². The van der Waals surface area contributed by atoms with Gasteiger partial charge in [0.25, 0.3) is 0 Å². The quantitative estimate of drug-likeness (QED) is 0.667. The Morgan fingerprint density at radius 3 is 2.13 bits per heavy atom. The Hall–Kier alpha value is -2.29. The number of amides is 1. The number of hydrogen-bond donors (Lipinski definition) is 1. The fraction of sp³-hybridized carbons (Fsp3) is 0.519. The minimum absolute atomic E-state index is 0.0875. The van der Waals surface area contributed by atoms with Gasteiger partial charge < -0.3 is 10.2 Å². The highest BCUT2D eigenvalue weighted by Crippen LogP contribution is 2.61. The highest BCUT2D eigenvalue weighted by molar-refractivity contribution is 5.99. The highest BCUT2D eigenvalue weighted by atomic mass is 16.2. The molecule has 1 heterocycles. The summed E-state index contributed by atoms with van der Waals surface area (Å²) in [6, 6.07) is 19.5. The van der Waals surface area contributed by atoms with Crippen molar-refractivity contribution in [1.29, 1.82) is 0 Å². The van der Waals surface area contributed by atoms with Gasteiger partial charge in [0.1, 0.15) is 0 Å². The molecule has 4 saturated carbocycles. The fourth-order valence-electron chi connectivity index (χ4n) is 7.62. The van der Waals surface area contributed by atoms with E-state index >= 15 is 0 Å². The number of para-hydroxylation sites is 2. The van der Waals surface area contributed by atoms with E-state index in [-0.39, 0.29) is 17.5 Å². The molecule has 30 heavy (non-hydrogen) atoms. The van der Waals surface area contributed by atoms with Crippen molar-refractivity contribution in [2.24, 2.45) is 23.2 Å². The number of carbonyl (C=O) groups is 1. The third-order valence-corrected chi connectivity index (χ3v) is 8.41. The molecule has 0 unspecified atom stereocenters. The first-order valence-corrected chi connectivity index (χ1v) is 11.9. The molecule has 0 spiro atoms. The molecule has 4 bridgehead atoms. The largest absolute Gasteiger partial charge is 0.378 e. The number of carbonyl (C=O) groups excluding carboxylic acids is 1. The average Bonchev–Trinajstić information content (AvgIpc) is 2.73. The number of fused-ring (bicyclic) bond motifs is 1. The van der Waals surface area contributed by atoms with E-state index in [2.05, 4.69) is 71.7 Å². The second-order valence-corrected chi connectivity index (χ2v) is 10.6. The maximum Gasteiger partial charge on any atom is 0.233 e. The van der Waals surface area contributed by atoms with Crippen LogP contribution in [0.3, 0.4) is 0 Å². The Balaban J connectivity index is 1.34. The van der Waals surface area contributed by atoms with E-state index in [0.29, 0.717) is 5.91 Å². The number of anilines is 2. The van der Waals surface area contributed by atoms with Gasteiger partial charge >= 0.3 is 0 Å². The number of rotatable bonds is 3. The SMILES string of the molecule is C[C@@H]1C[C@H](Nc2ccccc2)c2ccccc2N1C(=O)C12CC3CC(CC(C3)C1)C2. The van der Waals surface area contributed by atoms with Gasteiger partial charge in [-0.25, -0.2) is 0 Å². The molecule has 2 aromatic rings. The summed E-state index contributed by atoms with van der Waals surface area (Å²) in [5.74, 6) is 2.81. The van der Waals surface area contributed by atoms with E-state index in [4.69, 9.17) is 0 Å². The normalized spacial score (nSPS) is 36.4. The monoisotopic (exact) mass is 400 g/mol. The van der Waals surface area contributed by atoms with Crippen molar-refractivity contribution in [2.75, 3.05) is 10.2 Å². The highest BCUT2D eigenvalue weighted by Gasteiger charge is 2.56. The van der Waals surface area contributed by atoms with Crippen LogP contribution in [0, 0.1) is 23.2 Å². The fourth-order valence-corrected chi connectivity index (χ4v) is 7.62. The van der Waals surface area contributed by atoms with Crippen LogP contribution in [0.25, 0.3) is 0 Å². The lowest BCUT2D eigenvalue weighted by Crippen LogP contribution is -2.57. The van der Waals surface area contributed by atoms with Crippen LogP contribution < -0.4 is 10.2 Å². The van der Waals surface area contributed by atoms with Gasteiger partial charge in [-0.1, -0.05) is 36.4 Å². The molecule has 7 rings (SSSR count). The van der Waals surface area contributed by atoms with Crippen LogP contribution in [0.2, 0.25) is 0 Å². The minimum atomic E-state index is -0.0875. The first-order valence-electron chi connectivity index (χ1n) is 11.9. The smallest absolute Gasteiger partial charge is 0.233 e. The molecule has 2 aromatic carbocycles. The van der Waals surface area contributed by atoms with Crippen molar-refractivity contribution >= 4 is 17.3 Å². The molecule has 0 aromatic heterocycles. The van der Waals surface area contributed by atoms with E-state index < -0.39 is 0 Å². The average molecular weight is 401 g/mol. The summed E-state index contributed by atoms with van der Waals surface area (Å²) in [6.45, 7) is 2.24. The molecule has 2 atom stereocenters. The summed E-state index contributed by atoms with van der Waals surface area (Å²) in [6.07, 6.45) is 8.48. The number of nitrogens with one attached hydrogen (secondary N) is 1. The lowest BCUT2D eigenvalue weighted by molar-refractivity contribution is -0.144. The zero-order valence-corrected chi connectivity index (χ0v) is 17.9. The van der Waals surface area contributed by atoms with Gasteiger partial charge in [-0.05, 0) is 93.4 Å². The second kappa shape index (κ2) is 6.87. The van der Waals surface area contributed by atoms with Crippen LogP contribution in [0.4, 0.5) is 11.4 Å². The molecule has 3 heteroatoms. The van der Waals surface area contributed by atoms with Gasteiger partial charge in [-0.2, -0.15) is 0 Å². The third kappa shape index (κ3) is 2.89.